The van der Waals surface area contributed by atoms with E-state index in [1.165, 1.54) is 24.7 Å². The summed E-state index contributed by atoms with van der Waals surface area (Å²) in [5.74, 6) is -0.326. The molecular formula is C17H17N7O3. The highest BCUT2D eigenvalue weighted by Crippen LogP contribution is 2.21. The maximum Gasteiger partial charge on any atom is 0.325 e. The van der Waals surface area contributed by atoms with Gasteiger partial charge in [0.15, 0.2) is 5.65 Å². The quantitative estimate of drug-likeness (QED) is 0.565. The van der Waals surface area contributed by atoms with E-state index in [0.29, 0.717) is 16.7 Å². The van der Waals surface area contributed by atoms with Gasteiger partial charge < -0.3 is 20.4 Å². The summed E-state index contributed by atoms with van der Waals surface area (Å²) in [5, 5.41) is 5.30. The molecule has 3 aromatic rings. The predicted octanol–water partition coefficient (Wildman–Crippen LogP) is 1.80. The van der Waals surface area contributed by atoms with Gasteiger partial charge in [-0.25, -0.2) is 15.0 Å². The van der Waals surface area contributed by atoms with E-state index in [1.807, 2.05) is 13.8 Å². The first kappa shape index (κ1) is 18.0. The van der Waals surface area contributed by atoms with Crippen LogP contribution < -0.4 is 15.4 Å². The number of carbonyl (C=O) groups excluding carboxylic acids is 2. The molecule has 0 unspecified atom stereocenters. The number of ether oxygens (including phenoxy) is 1. The number of hydrogen-bond donors (Lipinski definition) is 3. The van der Waals surface area contributed by atoms with Gasteiger partial charge in [-0.1, -0.05) is 6.58 Å². The van der Waals surface area contributed by atoms with Crippen LogP contribution >= 0.6 is 0 Å². The van der Waals surface area contributed by atoms with Crippen molar-refractivity contribution in [1.29, 1.82) is 0 Å². The van der Waals surface area contributed by atoms with Crippen molar-refractivity contribution < 1.29 is 14.3 Å². The zero-order valence-corrected chi connectivity index (χ0v) is 14.7. The molecule has 0 radical (unpaired) electrons. The molecule has 0 saturated carbocycles. The molecule has 0 atom stereocenters. The first-order valence-corrected chi connectivity index (χ1v) is 8.05. The number of rotatable bonds is 6. The topological polar surface area (TPSA) is 135 Å². The normalized spacial score (nSPS) is 10.6. The Morgan fingerprint density at radius 3 is 2.85 bits per heavy atom. The highest BCUT2D eigenvalue weighted by molar-refractivity contribution is 6.04. The molecule has 0 aliphatic heterocycles. The van der Waals surface area contributed by atoms with Gasteiger partial charge in [-0.2, -0.15) is 4.98 Å². The standard InChI is InChI=1S/C17H17N7O3/c1-4-12(25)22-11-5-6-18-17(23-11)27-13-8-20-15-14(24-13)10(7-19-15)16(26)21-9(2)3/h4-9H,1H2,2-3H3,(H,19,20)(H,21,26)(H,18,22,23,25). The molecule has 0 aliphatic carbocycles. The van der Waals surface area contributed by atoms with E-state index < -0.39 is 5.91 Å². The molecular weight excluding hydrogens is 350 g/mol. The Bertz CT molecular complexity index is 1010. The van der Waals surface area contributed by atoms with Gasteiger partial charge in [-0.15, -0.1) is 0 Å². The van der Waals surface area contributed by atoms with Crippen LogP contribution in [-0.4, -0.2) is 42.8 Å². The molecule has 0 spiro atoms. The number of anilines is 1. The Morgan fingerprint density at radius 1 is 1.30 bits per heavy atom. The summed E-state index contributed by atoms with van der Waals surface area (Å²) < 4.78 is 5.51. The van der Waals surface area contributed by atoms with E-state index >= 15 is 0 Å². The number of aromatic nitrogens is 5. The van der Waals surface area contributed by atoms with Gasteiger partial charge in [0.2, 0.25) is 11.8 Å². The maximum atomic E-state index is 12.3. The molecule has 3 heterocycles. The fourth-order valence-electron chi connectivity index (χ4n) is 2.17. The Labute approximate surface area is 154 Å². The van der Waals surface area contributed by atoms with Gasteiger partial charge in [0.25, 0.3) is 5.91 Å². The van der Waals surface area contributed by atoms with Gasteiger partial charge in [-0.3, -0.25) is 9.59 Å². The molecule has 27 heavy (non-hydrogen) atoms. The van der Waals surface area contributed by atoms with Crippen molar-refractivity contribution in [3.05, 3.63) is 42.9 Å². The number of H-pyrrole nitrogens is 1. The van der Waals surface area contributed by atoms with E-state index in [2.05, 4.69) is 42.1 Å². The van der Waals surface area contributed by atoms with Gasteiger partial charge in [-0.05, 0) is 26.0 Å². The second-order valence-electron chi connectivity index (χ2n) is 5.76. The zero-order chi connectivity index (χ0) is 19.4. The minimum absolute atomic E-state index is 0.0169. The summed E-state index contributed by atoms with van der Waals surface area (Å²) in [4.78, 5) is 43.0. The SMILES string of the molecule is C=CC(=O)Nc1ccnc(Oc2cnc3[nH]cc(C(=O)NC(C)C)c3n2)n1. The zero-order valence-electron chi connectivity index (χ0n) is 14.7. The smallest absolute Gasteiger partial charge is 0.325 e. The molecule has 138 valence electrons. The van der Waals surface area contributed by atoms with E-state index in [1.54, 1.807) is 0 Å². The summed E-state index contributed by atoms with van der Waals surface area (Å²) >= 11 is 0. The molecule has 0 fully saturated rings. The summed E-state index contributed by atoms with van der Waals surface area (Å²) in [7, 11) is 0. The third-order valence-electron chi connectivity index (χ3n) is 3.29. The average molecular weight is 367 g/mol. The van der Waals surface area contributed by atoms with Crippen LogP contribution in [0, 0.1) is 0 Å². The lowest BCUT2D eigenvalue weighted by Crippen LogP contribution is -2.29. The molecule has 3 aromatic heterocycles. The van der Waals surface area contributed by atoms with E-state index in [0.717, 1.165) is 6.08 Å². The van der Waals surface area contributed by atoms with Crippen LogP contribution in [0.15, 0.2) is 37.3 Å². The molecule has 0 aromatic carbocycles. The molecule has 10 heteroatoms. The summed E-state index contributed by atoms with van der Waals surface area (Å²) in [5.41, 5.74) is 1.16. The van der Waals surface area contributed by atoms with Crippen molar-refractivity contribution in [2.75, 3.05) is 5.32 Å². The van der Waals surface area contributed by atoms with Gasteiger partial charge in [0.05, 0.1) is 11.8 Å². The van der Waals surface area contributed by atoms with Gasteiger partial charge >= 0.3 is 6.01 Å². The van der Waals surface area contributed by atoms with Gasteiger partial charge in [0, 0.05) is 18.4 Å². The fraction of sp³-hybridized carbons (Fsp3) is 0.176. The molecule has 0 bridgehead atoms. The minimum atomic E-state index is -0.408. The van der Waals surface area contributed by atoms with E-state index in [4.69, 9.17) is 4.74 Å². The van der Waals surface area contributed by atoms with Crippen LogP contribution in [0.3, 0.4) is 0 Å². The predicted molar refractivity (Wildman–Crippen MR) is 97.4 cm³/mol. The van der Waals surface area contributed by atoms with Crippen molar-refractivity contribution in [1.82, 2.24) is 30.2 Å². The molecule has 3 rings (SSSR count). The summed E-state index contributed by atoms with van der Waals surface area (Å²) in [6.07, 6.45) is 5.46. The lowest BCUT2D eigenvalue weighted by atomic mass is 10.2. The van der Waals surface area contributed by atoms with Crippen molar-refractivity contribution in [3.63, 3.8) is 0 Å². The lowest BCUT2D eigenvalue weighted by Gasteiger charge is -2.07. The van der Waals surface area contributed by atoms with E-state index in [9.17, 15) is 9.59 Å². The van der Waals surface area contributed by atoms with Crippen molar-refractivity contribution >= 4 is 28.8 Å². The third-order valence-corrected chi connectivity index (χ3v) is 3.29. The Kier molecular flexibility index (Phi) is 5.06. The van der Waals surface area contributed by atoms with Crippen molar-refractivity contribution in [2.24, 2.45) is 0 Å². The summed E-state index contributed by atoms with van der Waals surface area (Å²) in [6.45, 7) is 7.10. The second-order valence-corrected chi connectivity index (χ2v) is 5.76. The average Bonchev–Trinajstić information content (AvgIpc) is 3.04. The number of nitrogens with one attached hydrogen (secondary N) is 3. The van der Waals surface area contributed by atoms with Crippen LogP contribution in [0.5, 0.6) is 11.9 Å². The molecule has 10 nitrogen and oxygen atoms in total. The number of amides is 2. The summed E-state index contributed by atoms with van der Waals surface area (Å²) in [6, 6.07) is 1.45. The first-order valence-electron chi connectivity index (χ1n) is 8.05. The Hall–Kier alpha value is -3.82. The fourth-order valence-corrected chi connectivity index (χ4v) is 2.17. The van der Waals surface area contributed by atoms with Crippen LogP contribution in [0.1, 0.15) is 24.2 Å². The van der Waals surface area contributed by atoms with Gasteiger partial charge in [0.1, 0.15) is 11.3 Å². The highest BCUT2D eigenvalue weighted by atomic mass is 16.5. The molecule has 3 N–H and O–H groups in total. The molecule has 0 aliphatic rings. The minimum Gasteiger partial charge on any atom is -0.403 e. The highest BCUT2D eigenvalue weighted by Gasteiger charge is 2.16. The first-order chi connectivity index (χ1) is 13.0. The van der Waals surface area contributed by atoms with Crippen LogP contribution in [0.4, 0.5) is 5.82 Å². The van der Waals surface area contributed by atoms with Crippen LogP contribution in [0.25, 0.3) is 11.2 Å². The van der Waals surface area contributed by atoms with Crippen molar-refractivity contribution in [2.45, 2.75) is 19.9 Å². The molecule has 0 saturated heterocycles. The number of hydrogen-bond acceptors (Lipinski definition) is 7. The Morgan fingerprint density at radius 2 is 2.11 bits per heavy atom. The monoisotopic (exact) mass is 367 g/mol. The van der Waals surface area contributed by atoms with Crippen LogP contribution in [0.2, 0.25) is 0 Å². The number of fused-ring (bicyclic) bond motifs is 1. The van der Waals surface area contributed by atoms with E-state index in [-0.39, 0.29) is 29.7 Å². The van der Waals surface area contributed by atoms with Crippen LogP contribution in [-0.2, 0) is 4.79 Å². The maximum absolute atomic E-state index is 12.3. The number of nitrogens with zero attached hydrogens (tertiary/aromatic N) is 4. The number of aromatic amines is 1. The Balaban J connectivity index is 1.85. The van der Waals surface area contributed by atoms with Crippen molar-refractivity contribution in [3.8, 4) is 11.9 Å². The third kappa shape index (κ3) is 4.24. The largest absolute Gasteiger partial charge is 0.403 e. The second kappa shape index (κ2) is 7.60. The molecule has 2 amide bonds. The number of carbonyl (C=O) groups is 2. The lowest BCUT2D eigenvalue weighted by molar-refractivity contribution is -0.111.